The van der Waals surface area contributed by atoms with E-state index >= 15 is 0 Å². The van der Waals surface area contributed by atoms with Crippen LogP contribution in [0.3, 0.4) is 0 Å². The monoisotopic (exact) mass is 379 g/mol. The maximum absolute atomic E-state index is 12.5. The molecule has 27 heavy (non-hydrogen) atoms. The van der Waals surface area contributed by atoms with Crippen LogP contribution in [0.2, 0.25) is 0 Å². The molecule has 1 aliphatic rings. The Labute approximate surface area is 162 Å². The van der Waals surface area contributed by atoms with E-state index in [4.69, 9.17) is 4.74 Å². The van der Waals surface area contributed by atoms with Crippen molar-refractivity contribution in [3.63, 3.8) is 0 Å². The van der Waals surface area contributed by atoms with E-state index in [1.165, 1.54) is 35.3 Å². The van der Waals surface area contributed by atoms with Gasteiger partial charge in [0.1, 0.15) is 22.2 Å². The summed E-state index contributed by atoms with van der Waals surface area (Å²) in [5.41, 5.74) is 4.32. The van der Waals surface area contributed by atoms with E-state index in [-0.39, 0.29) is 5.91 Å². The molecule has 138 valence electrons. The van der Waals surface area contributed by atoms with Gasteiger partial charge in [-0.15, -0.1) is 11.3 Å². The first-order chi connectivity index (χ1) is 13.2. The number of aryl methyl sites for hydroxylation is 3. The summed E-state index contributed by atoms with van der Waals surface area (Å²) in [5, 5.41) is 3.67. The van der Waals surface area contributed by atoms with Crippen LogP contribution in [0.5, 0.6) is 5.75 Å². The highest BCUT2D eigenvalue weighted by Gasteiger charge is 2.16. The Morgan fingerprint density at radius 2 is 2.11 bits per heavy atom. The molecule has 5 nitrogen and oxygen atoms in total. The molecule has 4 rings (SSSR count). The van der Waals surface area contributed by atoms with E-state index in [0.717, 1.165) is 28.6 Å². The molecule has 1 aromatic carbocycles. The number of amides is 1. The fourth-order valence-corrected chi connectivity index (χ4v) is 4.22. The van der Waals surface area contributed by atoms with Gasteiger partial charge in [0.25, 0.3) is 5.91 Å². The van der Waals surface area contributed by atoms with Gasteiger partial charge in [0.15, 0.2) is 0 Å². The van der Waals surface area contributed by atoms with Gasteiger partial charge in [0.2, 0.25) is 0 Å². The number of carbonyl (C=O) groups is 1. The first kappa shape index (κ1) is 17.7. The molecule has 1 aliphatic carbocycles. The Kier molecular flexibility index (Phi) is 5.16. The number of ether oxygens (including phenoxy) is 1. The number of benzene rings is 1. The molecule has 0 fully saturated rings. The van der Waals surface area contributed by atoms with Gasteiger partial charge in [-0.05, 0) is 61.6 Å². The number of nitrogens with zero attached hydrogens (tertiary/aromatic N) is 2. The van der Waals surface area contributed by atoms with Crippen molar-refractivity contribution in [1.82, 2.24) is 15.3 Å². The first-order valence-electron chi connectivity index (χ1n) is 9.12. The molecule has 3 aromatic rings. The SMILES string of the molecule is Cc1nc(-c2ccccn2)sc1C(=O)NCCOc1ccc2c(c1)CCC2. The third-order valence-corrected chi connectivity index (χ3v) is 5.79. The average molecular weight is 379 g/mol. The van der Waals surface area contributed by atoms with Crippen LogP contribution in [-0.4, -0.2) is 29.0 Å². The van der Waals surface area contributed by atoms with Gasteiger partial charge in [0.05, 0.1) is 17.9 Å². The number of aromatic nitrogens is 2. The van der Waals surface area contributed by atoms with Crippen LogP contribution in [0.1, 0.15) is 32.9 Å². The van der Waals surface area contributed by atoms with E-state index in [9.17, 15) is 4.79 Å². The maximum Gasteiger partial charge on any atom is 0.263 e. The highest BCUT2D eigenvalue weighted by molar-refractivity contribution is 7.17. The number of rotatable bonds is 6. The van der Waals surface area contributed by atoms with Crippen LogP contribution < -0.4 is 10.1 Å². The molecule has 2 heterocycles. The molecular weight excluding hydrogens is 358 g/mol. The minimum atomic E-state index is -0.121. The molecular formula is C21H21N3O2S. The van der Waals surface area contributed by atoms with Gasteiger partial charge < -0.3 is 10.1 Å². The average Bonchev–Trinajstić information content (AvgIpc) is 3.32. The lowest BCUT2D eigenvalue weighted by atomic mass is 10.1. The molecule has 0 saturated carbocycles. The quantitative estimate of drug-likeness (QED) is 0.662. The topological polar surface area (TPSA) is 64.1 Å². The van der Waals surface area contributed by atoms with E-state index in [1.54, 1.807) is 6.20 Å². The number of carbonyl (C=O) groups excluding carboxylic acids is 1. The number of pyridine rings is 1. The molecule has 0 unspecified atom stereocenters. The van der Waals surface area contributed by atoms with Crippen LogP contribution in [0.25, 0.3) is 10.7 Å². The summed E-state index contributed by atoms with van der Waals surface area (Å²) in [6.45, 7) is 2.74. The van der Waals surface area contributed by atoms with Crippen LogP contribution in [0.15, 0.2) is 42.6 Å². The van der Waals surface area contributed by atoms with Crippen molar-refractivity contribution in [3.05, 3.63) is 64.3 Å². The molecule has 1 N–H and O–H groups in total. The van der Waals surface area contributed by atoms with Crippen LogP contribution in [0, 0.1) is 6.92 Å². The lowest BCUT2D eigenvalue weighted by molar-refractivity contribution is 0.0950. The summed E-state index contributed by atoms with van der Waals surface area (Å²) in [4.78, 5) is 21.8. The molecule has 6 heteroatoms. The van der Waals surface area contributed by atoms with Gasteiger partial charge >= 0.3 is 0 Å². The van der Waals surface area contributed by atoms with Crippen molar-refractivity contribution in [1.29, 1.82) is 0 Å². The molecule has 0 spiro atoms. The normalized spacial score (nSPS) is 12.6. The molecule has 0 saturated heterocycles. The van der Waals surface area contributed by atoms with Gasteiger partial charge in [-0.25, -0.2) is 4.98 Å². The van der Waals surface area contributed by atoms with E-state index in [2.05, 4.69) is 27.4 Å². The third kappa shape index (κ3) is 4.01. The minimum Gasteiger partial charge on any atom is -0.492 e. The minimum absolute atomic E-state index is 0.121. The zero-order chi connectivity index (χ0) is 18.6. The molecule has 0 atom stereocenters. The second-order valence-electron chi connectivity index (χ2n) is 6.54. The number of fused-ring (bicyclic) bond motifs is 1. The van der Waals surface area contributed by atoms with Gasteiger partial charge in [-0.3, -0.25) is 9.78 Å². The lowest BCUT2D eigenvalue weighted by Crippen LogP contribution is -2.27. The highest BCUT2D eigenvalue weighted by atomic mass is 32.1. The highest BCUT2D eigenvalue weighted by Crippen LogP contribution is 2.27. The van der Waals surface area contributed by atoms with Crippen LogP contribution in [0.4, 0.5) is 0 Å². The fourth-order valence-electron chi connectivity index (χ4n) is 3.26. The van der Waals surface area contributed by atoms with Crippen molar-refractivity contribution in [2.45, 2.75) is 26.2 Å². The second kappa shape index (κ2) is 7.88. The lowest BCUT2D eigenvalue weighted by Gasteiger charge is -2.09. The summed E-state index contributed by atoms with van der Waals surface area (Å²) in [6, 6.07) is 11.9. The predicted octanol–water partition coefficient (Wildman–Crippen LogP) is 3.81. The third-order valence-electron chi connectivity index (χ3n) is 4.61. The van der Waals surface area contributed by atoms with E-state index < -0.39 is 0 Å². The Balaban J connectivity index is 1.31. The zero-order valence-electron chi connectivity index (χ0n) is 15.2. The zero-order valence-corrected chi connectivity index (χ0v) is 16.0. The first-order valence-corrected chi connectivity index (χ1v) is 9.94. The largest absolute Gasteiger partial charge is 0.492 e. The molecule has 1 amide bonds. The van der Waals surface area contributed by atoms with Crippen molar-refractivity contribution in [3.8, 4) is 16.5 Å². The molecule has 0 aliphatic heterocycles. The summed E-state index contributed by atoms with van der Waals surface area (Å²) >= 11 is 1.36. The van der Waals surface area contributed by atoms with Crippen molar-refractivity contribution < 1.29 is 9.53 Å². The van der Waals surface area contributed by atoms with Gasteiger partial charge in [-0.2, -0.15) is 0 Å². The predicted molar refractivity (Wildman–Crippen MR) is 106 cm³/mol. The number of hydrogen-bond donors (Lipinski definition) is 1. The Bertz CT molecular complexity index is 953. The Morgan fingerprint density at radius 1 is 1.22 bits per heavy atom. The Morgan fingerprint density at radius 3 is 2.96 bits per heavy atom. The smallest absolute Gasteiger partial charge is 0.263 e. The van der Waals surface area contributed by atoms with Gasteiger partial charge in [0, 0.05) is 6.20 Å². The standard InChI is InChI=1S/C21H21N3O2S/c1-14-19(27-21(24-14)18-7-2-3-10-22-18)20(25)23-11-12-26-17-9-8-15-5-4-6-16(15)13-17/h2-3,7-10,13H,4-6,11-12H2,1H3,(H,23,25). The second-order valence-corrected chi connectivity index (χ2v) is 7.54. The van der Waals surface area contributed by atoms with E-state index in [0.29, 0.717) is 18.0 Å². The maximum atomic E-state index is 12.5. The number of thiazole rings is 1. The van der Waals surface area contributed by atoms with Crippen molar-refractivity contribution >= 4 is 17.2 Å². The van der Waals surface area contributed by atoms with Crippen LogP contribution >= 0.6 is 11.3 Å². The fraction of sp³-hybridized carbons (Fsp3) is 0.286. The van der Waals surface area contributed by atoms with E-state index in [1.807, 2.05) is 31.2 Å². The van der Waals surface area contributed by atoms with Crippen LogP contribution in [-0.2, 0) is 12.8 Å². The molecule has 2 aromatic heterocycles. The summed E-state index contributed by atoms with van der Waals surface area (Å²) < 4.78 is 5.79. The van der Waals surface area contributed by atoms with Gasteiger partial charge in [-0.1, -0.05) is 12.1 Å². The molecule has 0 bridgehead atoms. The van der Waals surface area contributed by atoms with Crippen molar-refractivity contribution in [2.75, 3.05) is 13.2 Å². The number of hydrogen-bond acceptors (Lipinski definition) is 5. The number of nitrogens with one attached hydrogen (secondary N) is 1. The summed E-state index contributed by atoms with van der Waals surface area (Å²) in [6.07, 6.45) is 5.25. The summed E-state index contributed by atoms with van der Waals surface area (Å²) in [7, 11) is 0. The summed E-state index contributed by atoms with van der Waals surface area (Å²) in [5.74, 6) is 0.751. The van der Waals surface area contributed by atoms with Crippen molar-refractivity contribution in [2.24, 2.45) is 0 Å². The molecule has 0 radical (unpaired) electrons. The Hall–Kier alpha value is -2.73.